The molecular weight excluding hydrogens is 418 g/mol. The van der Waals surface area contributed by atoms with E-state index in [1.165, 1.54) is 30.1 Å². The number of hydrogen-bond donors (Lipinski definition) is 1. The number of benzene rings is 2. The Balaban J connectivity index is 1.95. The molecule has 160 valence electrons. The number of hydrogen-bond acceptors (Lipinski definition) is 3. The van der Waals surface area contributed by atoms with Gasteiger partial charge in [-0.2, -0.15) is 26.3 Å². The molecule has 0 aromatic heterocycles. The average molecular weight is 432 g/mol. The Kier molecular flexibility index (Phi) is 5.40. The van der Waals surface area contributed by atoms with E-state index < -0.39 is 40.9 Å². The molecular formula is C19H14F6N2O3. The van der Waals surface area contributed by atoms with Gasteiger partial charge in [-0.15, -0.1) is 0 Å². The number of amides is 2. The molecule has 5 nitrogen and oxygen atoms in total. The van der Waals surface area contributed by atoms with Crippen LogP contribution in [0, 0.1) is 0 Å². The molecule has 11 heteroatoms. The van der Waals surface area contributed by atoms with Crippen LogP contribution < -0.4 is 10.1 Å². The third-order valence-corrected chi connectivity index (χ3v) is 4.35. The van der Waals surface area contributed by atoms with Gasteiger partial charge in [0.15, 0.2) is 0 Å². The molecule has 0 saturated carbocycles. The highest BCUT2D eigenvalue weighted by Crippen LogP contribution is 2.36. The quantitative estimate of drug-likeness (QED) is 0.714. The van der Waals surface area contributed by atoms with Crippen molar-refractivity contribution in [1.29, 1.82) is 0 Å². The van der Waals surface area contributed by atoms with E-state index in [2.05, 4.69) is 5.32 Å². The predicted octanol–water partition coefficient (Wildman–Crippen LogP) is 4.44. The first-order valence-electron chi connectivity index (χ1n) is 8.49. The molecule has 1 N–H and O–H groups in total. The third kappa shape index (κ3) is 4.50. The predicted molar refractivity (Wildman–Crippen MR) is 93.3 cm³/mol. The maximum atomic E-state index is 13.0. The Morgan fingerprint density at radius 1 is 1.00 bits per heavy atom. The molecule has 0 bridgehead atoms. The van der Waals surface area contributed by atoms with Crippen molar-refractivity contribution in [2.75, 3.05) is 25.5 Å². The molecule has 3 rings (SSSR count). The van der Waals surface area contributed by atoms with Gasteiger partial charge in [0.1, 0.15) is 12.4 Å². The highest BCUT2D eigenvalue weighted by Gasteiger charge is 2.37. The van der Waals surface area contributed by atoms with Crippen LogP contribution in [0.4, 0.5) is 32.0 Å². The largest absolute Gasteiger partial charge is 0.491 e. The molecule has 2 aromatic rings. The highest BCUT2D eigenvalue weighted by atomic mass is 19.4. The van der Waals surface area contributed by atoms with Crippen LogP contribution in [0.5, 0.6) is 5.75 Å². The molecule has 1 aliphatic rings. The fourth-order valence-corrected chi connectivity index (χ4v) is 2.79. The molecule has 0 spiro atoms. The van der Waals surface area contributed by atoms with Crippen molar-refractivity contribution in [1.82, 2.24) is 4.90 Å². The first-order chi connectivity index (χ1) is 13.9. The summed E-state index contributed by atoms with van der Waals surface area (Å²) in [4.78, 5) is 26.1. The van der Waals surface area contributed by atoms with Crippen LogP contribution in [0.1, 0.15) is 31.8 Å². The van der Waals surface area contributed by atoms with E-state index in [1.807, 2.05) is 0 Å². The zero-order valence-electron chi connectivity index (χ0n) is 15.3. The van der Waals surface area contributed by atoms with Crippen molar-refractivity contribution in [3.8, 4) is 5.75 Å². The SMILES string of the molecule is CN1CCOc2ccc(NC(=O)c3cc(C(F)(F)F)cc(C(F)(F)F)c3)cc2C1=O. The standard InChI is InChI=1S/C19H14F6N2O3/c1-27-4-5-30-15-3-2-13(9-14(15)17(27)29)26-16(28)10-6-11(18(20,21)22)8-12(7-10)19(23,24)25/h2-3,6-9H,4-5H2,1H3,(H,26,28). The molecule has 0 radical (unpaired) electrons. The summed E-state index contributed by atoms with van der Waals surface area (Å²) in [7, 11) is 1.54. The normalized spacial score (nSPS) is 14.6. The molecule has 0 unspecified atom stereocenters. The van der Waals surface area contributed by atoms with E-state index in [-0.39, 0.29) is 29.7 Å². The van der Waals surface area contributed by atoms with Crippen molar-refractivity contribution in [3.05, 3.63) is 58.7 Å². The molecule has 0 atom stereocenters. The first-order valence-corrected chi connectivity index (χ1v) is 8.49. The van der Waals surface area contributed by atoms with Crippen LogP contribution in [0.15, 0.2) is 36.4 Å². The second-order valence-electron chi connectivity index (χ2n) is 6.53. The summed E-state index contributed by atoms with van der Waals surface area (Å²) in [5, 5.41) is 2.22. The second-order valence-corrected chi connectivity index (χ2v) is 6.53. The van der Waals surface area contributed by atoms with E-state index in [0.717, 1.165) is 0 Å². The Morgan fingerprint density at radius 3 is 2.17 bits per heavy atom. The van der Waals surface area contributed by atoms with Crippen molar-refractivity contribution in [3.63, 3.8) is 0 Å². The van der Waals surface area contributed by atoms with E-state index in [1.54, 1.807) is 0 Å². The van der Waals surface area contributed by atoms with Gasteiger partial charge in [0.2, 0.25) is 0 Å². The van der Waals surface area contributed by atoms with Crippen LogP contribution >= 0.6 is 0 Å². The molecule has 0 fully saturated rings. The number of halogens is 6. The number of carbonyl (C=O) groups excluding carboxylic acids is 2. The number of anilines is 1. The van der Waals surface area contributed by atoms with Crippen LogP contribution in [0.2, 0.25) is 0 Å². The van der Waals surface area contributed by atoms with Crippen molar-refractivity contribution >= 4 is 17.5 Å². The number of likely N-dealkylation sites (N-methyl/N-ethyl adjacent to an activating group) is 1. The third-order valence-electron chi connectivity index (χ3n) is 4.35. The number of rotatable bonds is 2. The molecule has 0 aliphatic carbocycles. The minimum absolute atomic E-state index is 0.0111. The zero-order valence-corrected chi connectivity index (χ0v) is 15.3. The van der Waals surface area contributed by atoms with Crippen molar-refractivity contribution < 1.29 is 40.7 Å². The number of carbonyl (C=O) groups is 2. The fourth-order valence-electron chi connectivity index (χ4n) is 2.79. The first kappa shape index (κ1) is 21.5. The Hall–Kier alpha value is -3.24. The monoisotopic (exact) mass is 432 g/mol. The molecule has 30 heavy (non-hydrogen) atoms. The molecule has 2 amide bonds. The number of nitrogens with zero attached hydrogens (tertiary/aromatic N) is 1. The Morgan fingerprint density at radius 2 is 1.60 bits per heavy atom. The summed E-state index contributed by atoms with van der Waals surface area (Å²) < 4.78 is 83.3. The minimum Gasteiger partial charge on any atom is -0.491 e. The topological polar surface area (TPSA) is 58.6 Å². The minimum atomic E-state index is -5.07. The summed E-state index contributed by atoms with van der Waals surface area (Å²) in [6.45, 7) is 0.561. The lowest BCUT2D eigenvalue weighted by atomic mass is 10.0. The van der Waals surface area contributed by atoms with Gasteiger partial charge < -0.3 is 15.0 Å². The van der Waals surface area contributed by atoms with Gasteiger partial charge in [-0.05, 0) is 36.4 Å². The molecule has 1 heterocycles. The Bertz CT molecular complexity index is 968. The summed E-state index contributed by atoms with van der Waals surface area (Å²) in [5.74, 6) is -1.35. The van der Waals surface area contributed by atoms with Crippen LogP contribution in [0.3, 0.4) is 0 Å². The summed E-state index contributed by atoms with van der Waals surface area (Å²) in [5.41, 5.74) is -3.92. The van der Waals surface area contributed by atoms with Gasteiger partial charge in [-0.3, -0.25) is 9.59 Å². The van der Waals surface area contributed by atoms with Crippen molar-refractivity contribution in [2.45, 2.75) is 12.4 Å². The number of alkyl halides is 6. The smallest absolute Gasteiger partial charge is 0.416 e. The van der Waals surface area contributed by atoms with Gasteiger partial charge >= 0.3 is 12.4 Å². The van der Waals surface area contributed by atoms with E-state index in [9.17, 15) is 35.9 Å². The van der Waals surface area contributed by atoms with Crippen LogP contribution in [-0.4, -0.2) is 36.9 Å². The fraction of sp³-hybridized carbons (Fsp3) is 0.263. The van der Waals surface area contributed by atoms with E-state index in [4.69, 9.17) is 4.74 Å². The maximum Gasteiger partial charge on any atom is 0.416 e. The molecule has 2 aromatic carbocycles. The van der Waals surface area contributed by atoms with Gasteiger partial charge in [0.05, 0.1) is 23.2 Å². The van der Waals surface area contributed by atoms with E-state index >= 15 is 0 Å². The lowest BCUT2D eigenvalue weighted by Crippen LogP contribution is -2.27. The zero-order chi connectivity index (χ0) is 22.3. The van der Waals surface area contributed by atoms with Crippen LogP contribution in [0.25, 0.3) is 0 Å². The molecule has 0 saturated heterocycles. The van der Waals surface area contributed by atoms with Gasteiger partial charge in [0.25, 0.3) is 11.8 Å². The van der Waals surface area contributed by atoms with E-state index in [0.29, 0.717) is 18.7 Å². The Labute approximate surface area is 166 Å². The number of ether oxygens (including phenoxy) is 1. The molecule has 1 aliphatic heterocycles. The van der Waals surface area contributed by atoms with Gasteiger partial charge in [-0.25, -0.2) is 0 Å². The summed E-state index contributed by atoms with van der Waals surface area (Å²) in [6, 6.07) is 4.55. The number of fused-ring (bicyclic) bond motifs is 1. The van der Waals surface area contributed by atoms with Crippen LogP contribution in [-0.2, 0) is 12.4 Å². The lowest BCUT2D eigenvalue weighted by molar-refractivity contribution is -0.143. The highest BCUT2D eigenvalue weighted by molar-refractivity contribution is 6.06. The lowest BCUT2D eigenvalue weighted by Gasteiger charge is -2.15. The average Bonchev–Trinajstić information content (AvgIpc) is 2.79. The summed E-state index contributed by atoms with van der Waals surface area (Å²) in [6.07, 6.45) is -10.1. The van der Waals surface area contributed by atoms with Gasteiger partial charge in [0, 0.05) is 18.3 Å². The van der Waals surface area contributed by atoms with Crippen molar-refractivity contribution in [2.24, 2.45) is 0 Å². The maximum absolute atomic E-state index is 13.0. The second kappa shape index (κ2) is 7.54. The number of nitrogens with one attached hydrogen (secondary N) is 1. The summed E-state index contributed by atoms with van der Waals surface area (Å²) >= 11 is 0. The van der Waals surface area contributed by atoms with Gasteiger partial charge in [-0.1, -0.05) is 0 Å².